The molecule has 3 heterocycles. The van der Waals surface area contributed by atoms with E-state index < -0.39 is 5.91 Å². The average Bonchev–Trinajstić information content (AvgIpc) is 3.36. The third kappa shape index (κ3) is 3.35. The minimum atomic E-state index is -0.415. The number of nitrogens with zero attached hydrogens (tertiary/aromatic N) is 2. The maximum Gasteiger partial charge on any atom is 0.293 e. The van der Waals surface area contributed by atoms with Crippen LogP contribution in [0.25, 0.3) is 21.9 Å². The van der Waals surface area contributed by atoms with E-state index in [4.69, 9.17) is 4.42 Å². The van der Waals surface area contributed by atoms with Crippen LogP contribution in [0, 0.1) is 5.82 Å². The second-order valence-electron chi connectivity index (χ2n) is 5.05. The molecule has 0 aliphatic heterocycles. The smallest absolute Gasteiger partial charge is 0.293 e. The highest BCUT2D eigenvalue weighted by molar-refractivity contribution is 7.19. The second kappa shape index (κ2) is 6.58. The summed E-state index contributed by atoms with van der Waals surface area (Å²) in [6.45, 7) is 0. The van der Waals surface area contributed by atoms with Crippen molar-refractivity contribution < 1.29 is 13.6 Å². The Morgan fingerprint density at radius 3 is 2.64 bits per heavy atom. The number of carbonyl (C=O) groups excluding carboxylic acids is 1. The van der Waals surface area contributed by atoms with Crippen LogP contribution in [0.4, 0.5) is 9.52 Å². The third-order valence-electron chi connectivity index (χ3n) is 3.37. The minimum absolute atomic E-state index is 0.145. The summed E-state index contributed by atoms with van der Waals surface area (Å²) in [6.07, 6.45) is 0. The third-order valence-corrected chi connectivity index (χ3v) is 4.94. The van der Waals surface area contributed by atoms with Crippen LogP contribution in [0.5, 0.6) is 0 Å². The number of hydrogen-bond donors (Lipinski definition) is 1. The maximum absolute atomic E-state index is 13.0. The molecule has 0 spiro atoms. The zero-order valence-corrected chi connectivity index (χ0v) is 14.2. The first-order valence-corrected chi connectivity index (χ1v) is 8.98. The molecule has 8 heteroatoms. The van der Waals surface area contributed by atoms with Crippen LogP contribution in [0.1, 0.15) is 10.6 Å². The Hall–Kier alpha value is -2.84. The van der Waals surface area contributed by atoms with Gasteiger partial charge in [0.15, 0.2) is 5.76 Å². The van der Waals surface area contributed by atoms with Gasteiger partial charge < -0.3 is 4.42 Å². The average molecular weight is 371 g/mol. The highest BCUT2D eigenvalue weighted by Crippen LogP contribution is 2.28. The van der Waals surface area contributed by atoms with Crippen LogP contribution < -0.4 is 5.32 Å². The number of benzene rings is 1. The van der Waals surface area contributed by atoms with Crippen molar-refractivity contribution in [1.29, 1.82) is 0 Å². The molecule has 1 aromatic carbocycles. The van der Waals surface area contributed by atoms with Crippen molar-refractivity contribution in [2.45, 2.75) is 0 Å². The van der Waals surface area contributed by atoms with E-state index in [-0.39, 0.29) is 11.6 Å². The number of amides is 1. The number of carbonyl (C=O) groups is 1. The van der Waals surface area contributed by atoms with E-state index in [0.29, 0.717) is 16.5 Å². The summed E-state index contributed by atoms with van der Waals surface area (Å²) in [7, 11) is 0. The zero-order chi connectivity index (χ0) is 17.2. The molecule has 4 aromatic rings. The topological polar surface area (TPSA) is 68.0 Å². The van der Waals surface area contributed by atoms with Crippen LogP contribution >= 0.6 is 22.7 Å². The quantitative estimate of drug-likeness (QED) is 0.553. The molecule has 0 bridgehead atoms. The number of aromatic nitrogens is 2. The van der Waals surface area contributed by atoms with Crippen molar-refractivity contribution in [3.05, 3.63) is 64.8 Å². The van der Waals surface area contributed by atoms with Crippen LogP contribution in [-0.2, 0) is 0 Å². The SMILES string of the molecule is O=C(Nc1nnc(-c2ccsc2)s1)c1ccc(-c2ccc(F)cc2)o1. The Bertz CT molecular complexity index is 1010. The molecule has 0 aliphatic rings. The van der Waals surface area contributed by atoms with Crippen molar-refractivity contribution >= 4 is 33.7 Å². The van der Waals surface area contributed by atoms with E-state index in [1.165, 1.54) is 23.5 Å². The largest absolute Gasteiger partial charge is 0.451 e. The van der Waals surface area contributed by atoms with E-state index in [1.807, 2.05) is 16.8 Å². The van der Waals surface area contributed by atoms with Crippen molar-refractivity contribution in [3.8, 4) is 21.9 Å². The fourth-order valence-electron chi connectivity index (χ4n) is 2.16. The Balaban J connectivity index is 1.49. The van der Waals surface area contributed by atoms with Gasteiger partial charge in [0.05, 0.1) is 0 Å². The van der Waals surface area contributed by atoms with Gasteiger partial charge in [0.25, 0.3) is 5.91 Å². The summed E-state index contributed by atoms with van der Waals surface area (Å²) >= 11 is 2.86. The molecule has 25 heavy (non-hydrogen) atoms. The fourth-order valence-corrected chi connectivity index (χ4v) is 3.61. The van der Waals surface area contributed by atoms with E-state index in [2.05, 4.69) is 15.5 Å². The Morgan fingerprint density at radius 2 is 1.88 bits per heavy atom. The molecule has 124 valence electrons. The van der Waals surface area contributed by atoms with Crippen molar-refractivity contribution in [3.63, 3.8) is 0 Å². The first-order chi connectivity index (χ1) is 12.2. The number of furan rings is 1. The first kappa shape index (κ1) is 15.7. The van der Waals surface area contributed by atoms with Crippen LogP contribution in [-0.4, -0.2) is 16.1 Å². The summed E-state index contributed by atoms with van der Waals surface area (Å²) < 4.78 is 18.5. The maximum atomic E-state index is 13.0. The highest BCUT2D eigenvalue weighted by atomic mass is 32.1. The lowest BCUT2D eigenvalue weighted by Gasteiger charge is -1.98. The number of hydrogen-bond acceptors (Lipinski definition) is 6. The Labute approximate surface area is 149 Å². The normalized spacial score (nSPS) is 10.8. The summed E-state index contributed by atoms with van der Waals surface area (Å²) in [5.74, 6) is -0.111. The van der Waals surface area contributed by atoms with Gasteiger partial charge in [-0.3, -0.25) is 10.1 Å². The van der Waals surface area contributed by atoms with E-state index in [1.54, 1.807) is 35.6 Å². The van der Waals surface area contributed by atoms with E-state index in [9.17, 15) is 9.18 Å². The summed E-state index contributed by atoms with van der Waals surface area (Å²) in [6, 6.07) is 11.0. The monoisotopic (exact) mass is 371 g/mol. The number of rotatable bonds is 4. The molecule has 3 aromatic heterocycles. The van der Waals surface area contributed by atoms with Gasteiger partial charge in [-0.25, -0.2) is 4.39 Å². The Kier molecular flexibility index (Phi) is 4.12. The molecule has 0 radical (unpaired) electrons. The van der Waals surface area contributed by atoms with Crippen molar-refractivity contribution in [1.82, 2.24) is 10.2 Å². The molecule has 0 saturated carbocycles. The van der Waals surface area contributed by atoms with Gasteiger partial charge in [-0.1, -0.05) is 11.3 Å². The van der Waals surface area contributed by atoms with Crippen LogP contribution in [0.2, 0.25) is 0 Å². The zero-order valence-electron chi connectivity index (χ0n) is 12.6. The molecule has 0 fully saturated rings. The van der Waals surface area contributed by atoms with Crippen LogP contribution in [0.15, 0.2) is 57.6 Å². The minimum Gasteiger partial charge on any atom is -0.451 e. The molecule has 1 N–H and O–H groups in total. The lowest BCUT2D eigenvalue weighted by atomic mass is 10.2. The number of nitrogens with one attached hydrogen (secondary N) is 1. The van der Waals surface area contributed by atoms with Gasteiger partial charge in [0, 0.05) is 16.5 Å². The van der Waals surface area contributed by atoms with Crippen molar-refractivity contribution in [2.75, 3.05) is 5.32 Å². The standard InChI is InChI=1S/C17H10FN3O2S2/c18-12-3-1-10(2-4-12)13-5-6-14(23-13)15(22)19-17-21-20-16(25-17)11-7-8-24-9-11/h1-9H,(H,19,21,22). The van der Waals surface area contributed by atoms with Crippen LogP contribution in [0.3, 0.4) is 0 Å². The van der Waals surface area contributed by atoms with E-state index >= 15 is 0 Å². The highest BCUT2D eigenvalue weighted by Gasteiger charge is 2.15. The van der Waals surface area contributed by atoms with Gasteiger partial charge >= 0.3 is 0 Å². The number of halogens is 1. The molecule has 0 atom stereocenters. The lowest BCUT2D eigenvalue weighted by molar-refractivity contribution is 0.0997. The summed E-state index contributed by atoms with van der Waals surface area (Å²) in [5, 5.41) is 15.8. The fraction of sp³-hybridized carbons (Fsp3) is 0. The van der Waals surface area contributed by atoms with Crippen molar-refractivity contribution in [2.24, 2.45) is 0 Å². The number of anilines is 1. The molecule has 0 unspecified atom stereocenters. The summed E-state index contributed by atoms with van der Waals surface area (Å²) in [4.78, 5) is 12.3. The molecule has 0 aliphatic carbocycles. The predicted octanol–water partition coefficient (Wildman–Crippen LogP) is 4.92. The first-order valence-electron chi connectivity index (χ1n) is 7.22. The molecule has 4 rings (SSSR count). The molecule has 0 saturated heterocycles. The lowest BCUT2D eigenvalue weighted by Crippen LogP contribution is -2.10. The van der Waals surface area contributed by atoms with Gasteiger partial charge in [-0.2, -0.15) is 11.3 Å². The predicted molar refractivity (Wildman–Crippen MR) is 95.3 cm³/mol. The molecule has 5 nitrogen and oxygen atoms in total. The molecule has 1 amide bonds. The second-order valence-corrected chi connectivity index (χ2v) is 6.81. The van der Waals surface area contributed by atoms with Gasteiger partial charge in [-0.15, -0.1) is 10.2 Å². The van der Waals surface area contributed by atoms with E-state index in [0.717, 1.165) is 10.6 Å². The summed E-state index contributed by atoms with van der Waals surface area (Å²) in [5.41, 5.74) is 1.66. The van der Waals surface area contributed by atoms with Gasteiger partial charge in [0.2, 0.25) is 5.13 Å². The number of thiophene rings is 1. The molecular formula is C17H10FN3O2S2. The Morgan fingerprint density at radius 1 is 1.04 bits per heavy atom. The van der Waals surface area contributed by atoms with Gasteiger partial charge in [0.1, 0.15) is 16.6 Å². The van der Waals surface area contributed by atoms with Gasteiger partial charge in [-0.05, 0) is 47.8 Å². The molecular weight excluding hydrogens is 361 g/mol.